The smallest absolute Gasteiger partial charge is 0.200 e. The van der Waals surface area contributed by atoms with E-state index >= 15 is 0 Å². The lowest BCUT2D eigenvalue weighted by Gasteiger charge is -2.40. The SMILES string of the molecule is COc1ccc(Oc2c(Cl)cc(C3(C(C)(C)C)OCCO3)cc2Cl)cc1Cl. The number of halogens is 3. The molecule has 1 aliphatic heterocycles. The molecule has 0 radical (unpaired) electrons. The van der Waals surface area contributed by atoms with E-state index in [-0.39, 0.29) is 5.41 Å². The van der Waals surface area contributed by atoms with Crippen molar-refractivity contribution < 1.29 is 18.9 Å². The van der Waals surface area contributed by atoms with Gasteiger partial charge in [-0.3, -0.25) is 0 Å². The van der Waals surface area contributed by atoms with E-state index in [2.05, 4.69) is 0 Å². The molecule has 3 rings (SSSR count). The van der Waals surface area contributed by atoms with Gasteiger partial charge in [0, 0.05) is 17.0 Å². The third-order valence-electron chi connectivity index (χ3n) is 4.40. The van der Waals surface area contributed by atoms with Crippen LogP contribution in [0, 0.1) is 5.41 Å². The van der Waals surface area contributed by atoms with Crippen LogP contribution in [0.5, 0.6) is 17.2 Å². The first kappa shape index (κ1) is 20.6. The van der Waals surface area contributed by atoms with Crippen LogP contribution < -0.4 is 9.47 Å². The molecule has 0 bridgehead atoms. The molecule has 1 saturated heterocycles. The molecule has 0 unspecified atom stereocenters. The van der Waals surface area contributed by atoms with E-state index in [0.29, 0.717) is 45.5 Å². The van der Waals surface area contributed by atoms with E-state index in [1.54, 1.807) is 37.4 Å². The van der Waals surface area contributed by atoms with E-state index < -0.39 is 5.79 Å². The maximum Gasteiger partial charge on any atom is 0.200 e. The van der Waals surface area contributed by atoms with Crippen molar-refractivity contribution in [1.82, 2.24) is 0 Å². The summed E-state index contributed by atoms with van der Waals surface area (Å²) in [4.78, 5) is 0. The van der Waals surface area contributed by atoms with Crippen molar-refractivity contribution in [2.24, 2.45) is 5.41 Å². The van der Waals surface area contributed by atoms with Gasteiger partial charge in [0.15, 0.2) is 11.5 Å². The Morgan fingerprint density at radius 1 is 0.926 bits per heavy atom. The Morgan fingerprint density at radius 2 is 1.52 bits per heavy atom. The highest BCUT2D eigenvalue weighted by atomic mass is 35.5. The highest BCUT2D eigenvalue weighted by molar-refractivity contribution is 6.37. The van der Waals surface area contributed by atoms with Crippen LogP contribution in [0.1, 0.15) is 26.3 Å². The molecule has 146 valence electrons. The molecule has 27 heavy (non-hydrogen) atoms. The molecule has 0 atom stereocenters. The fourth-order valence-corrected chi connectivity index (χ4v) is 3.93. The summed E-state index contributed by atoms with van der Waals surface area (Å²) in [5, 5.41) is 1.14. The van der Waals surface area contributed by atoms with Crippen molar-refractivity contribution in [3.63, 3.8) is 0 Å². The highest BCUT2D eigenvalue weighted by Gasteiger charge is 2.49. The lowest BCUT2D eigenvalue weighted by Crippen LogP contribution is -2.41. The second kappa shape index (κ2) is 7.69. The molecule has 2 aromatic rings. The fourth-order valence-electron chi connectivity index (χ4n) is 3.12. The zero-order chi connectivity index (χ0) is 19.8. The van der Waals surface area contributed by atoms with Gasteiger partial charge in [-0.15, -0.1) is 0 Å². The van der Waals surface area contributed by atoms with Crippen LogP contribution in [0.3, 0.4) is 0 Å². The van der Waals surface area contributed by atoms with Gasteiger partial charge in [0.05, 0.1) is 35.4 Å². The Bertz CT molecular complexity index is 817. The first-order valence-corrected chi connectivity index (χ1v) is 9.60. The van der Waals surface area contributed by atoms with Gasteiger partial charge in [0.25, 0.3) is 0 Å². The minimum Gasteiger partial charge on any atom is -0.495 e. The first-order chi connectivity index (χ1) is 12.7. The molecule has 2 aromatic carbocycles. The average molecular weight is 432 g/mol. The summed E-state index contributed by atoms with van der Waals surface area (Å²) >= 11 is 19.1. The van der Waals surface area contributed by atoms with Gasteiger partial charge in [-0.05, 0) is 24.3 Å². The van der Waals surface area contributed by atoms with Gasteiger partial charge in [-0.25, -0.2) is 0 Å². The molecule has 0 aromatic heterocycles. The van der Waals surface area contributed by atoms with Gasteiger partial charge in [0.1, 0.15) is 11.5 Å². The van der Waals surface area contributed by atoms with Crippen molar-refractivity contribution in [1.29, 1.82) is 0 Å². The summed E-state index contributed by atoms with van der Waals surface area (Å²) in [7, 11) is 1.55. The summed E-state index contributed by atoms with van der Waals surface area (Å²) < 4.78 is 23.0. The molecule has 1 aliphatic rings. The molecule has 0 N–H and O–H groups in total. The Hall–Kier alpha value is -1.17. The van der Waals surface area contributed by atoms with Crippen LogP contribution in [-0.4, -0.2) is 20.3 Å². The number of ether oxygens (including phenoxy) is 4. The lowest BCUT2D eigenvalue weighted by molar-refractivity contribution is -0.232. The number of benzene rings is 2. The Labute approximate surface area is 174 Å². The predicted octanol–water partition coefficient (Wildman–Crippen LogP) is 6.69. The predicted molar refractivity (Wildman–Crippen MR) is 108 cm³/mol. The van der Waals surface area contributed by atoms with E-state index in [4.69, 9.17) is 53.8 Å². The van der Waals surface area contributed by atoms with Crippen molar-refractivity contribution in [2.75, 3.05) is 20.3 Å². The number of methoxy groups -OCH3 is 1. The second-order valence-corrected chi connectivity index (χ2v) is 8.45. The normalized spacial score (nSPS) is 16.4. The zero-order valence-electron chi connectivity index (χ0n) is 15.6. The van der Waals surface area contributed by atoms with Crippen LogP contribution in [0.4, 0.5) is 0 Å². The lowest BCUT2D eigenvalue weighted by atomic mass is 9.81. The zero-order valence-corrected chi connectivity index (χ0v) is 17.8. The monoisotopic (exact) mass is 430 g/mol. The van der Waals surface area contributed by atoms with Crippen molar-refractivity contribution in [3.05, 3.63) is 51.0 Å². The van der Waals surface area contributed by atoms with Crippen LogP contribution in [-0.2, 0) is 15.3 Å². The Morgan fingerprint density at radius 3 is 2.00 bits per heavy atom. The molecule has 1 fully saturated rings. The molecule has 1 heterocycles. The first-order valence-electron chi connectivity index (χ1n) is 8.47. The third-order valence-corrected chi connectivity index (χ3v) is 5.26. The van der Waals surface area contributed by atoms with Crippen LogP contribution in [0.25, 0.3) is 0 Å². The van der Waals surface area contributed by atoms with Crippen LogP contribution in [0.15, 0.2) is 30.3 Å². The number of hydrogen-bond donors (Lipinski definition) is 0. The molecular formula is C20H21Cl3O4. The minimum absolute atomic E-state index is 0.317. The molecular weight excluding hydrogens is 411 g/mol. The second-order valence-electron chi connectivity index (χ2n) is 7.23. The van der Waals surface area contributed by atoms with Gasteiger partial charge < -0.3 is 18.9 Å². The third kappa shape index (κ3) is 3.87. The molecule has 4 nitrogen and oxygen atoms in total. The Kier molecular flexibility index (Phi) is 5.85. The van der Waals surface area contributed by atoms with Gasteiger partial charge >= 0.3 is 0 Å². The van der Waals surface area contributed by atoms with E-state index in [1.165, 1.54) is 0 Å². The van der Waals surface area contributed by atoms with Gasteiger partial charge in [-0.2, -0.15) is 0 Å². The average Bonchev–Trinajstić information content (AvgIpc) is 3.09. The summed E-state index contributed by atoms with van der Waals surface area (Å²) in [6.45, 7) is 7.15. The van der Waals surface area contributed by atoms with Crippen molar-refractivity contribution in [2.45, 2.75) is 26.6 Å². The van der Waals surface area contributed by atoms with Gasteiger partial charge in [-0.1, -0.05) is 55.6 Å². The minimum atomic E-state index is -0.914. The van der Waals surface area contributed by atoms with Crippen LogP contribution >= 0.6 is 34.8 Å². The van der Waals surface area contributed by atoms with Crippen LogP contribution in [0.2, 0.25) is 15.1 Å². The van der Waals surface area contributed by atoms with E-state index in [0.717, 1.165) is 5.56 Å². The summed E-state index contributed by atoms with van der Waals surface area (Å²) in [6.07, 6.45) is 0. The summed E-state index contributed by atoms with van der Waals surface area (Å²) in [5.41, 5.74) is 0.435. The van der Waals surface area contributed by atoms with Crippen molar-refractivity contribution in [3.8, 4) is 17.2 Å². The molecule has 0 saturated carbocycles. The summed E-state index contributed by atoms with van der Waals surface area (Å²) in [5.74, 6) is 0.475. The molecule has 0 spiro atoms. The van der Waals surface area contributed by atoms with Gasteiger partial charge in [0.2, 0.25) is 0 Å². The number of rotatable bonds is 4. The highest BCUT2D eigenvalue weighted by Crippen LogP contribution is 2.49. The standard InChI is InChI=1S/C20H21Cl3O4/c1-19(2,3)20(25-7-8-26-20)12-9-15(22)18(16(23)10-12)27-13-5-6-17(24-4)14(21)11-13/h5-6,9-11H,7-8H2,1-4H3. The summed E-state index contributed by atoms with van der Waals surface area (Å²) in [6, 6.07) is 8.61. The maximum atomic E-state index is 6.50. The Balaban J connectivity index is 1.97. The quantitative estimate of drug-likeness (QED) is 0.540. The number of hydrogen-bond acceptors (Lipinski definition) is 4. The van der Waals surface area contributed by atoms with E-state index in [9.17, 15) is 0 Å². The fraction of sp³-hybridized carbons (Fsp3) is 0.400. The topological polar surface area (TPSA) is 36.9 Å². The molecule has 0 aliphatic carbocycles. The van der Waals surface area contributed by atoms with Crippen molar-refractivity contribution >= 4 is 34.8 Å². The molecule has 0 amide bonds. The maximum absolute atomic E-state index is 6.50. The largest absolute Gasteiger partial charge is 0.495 e. The molecule has 7 heteroatoms. The van der Waals surface area contributed by atoms with E-state index in [1.807, 2.05) is 20.8 Å².